The van der Waals surface area contributed by atoms with Crippen molar-refractivity contribution in [3.63, 3.8) is 0 Å². The van der Waals surface area contributed by atoms with Gasteiger partial charge in [-0.1, -0.05) is 23.5 Å². The molecule has 0 bridgehead atoms. The van der Waals surface area contributed by atoms with Crippen LogP contribution in [0.1, 0.15) is 16.8 Å². The van der Waals surface area contributed by atoms with E-state index in [-0.39, 0.29) is 23.2 Å². The largest absolute Gasteiger partial charge is 0.379 e. The normalized spacial score (nSPS) is 14.8. The van der Waals surface area contributed by atoms with Gasteiger partial charge in [0.25, 0.3) is 5.91 Å². The third-order valence-corrected chi connectivity index (χ3v) is 8.43. The SMILES string of the molecule is CN(C)CCCN(C(=O)c1ccc(S(=O)(=O)N2CCOCC2)cc1)c1nc2ccccc2s1.Cl. The number of anilines is 1. The number of benzene rings is 2. The summed E-state index contributed by atoms with van der Waals surface area (Å²) in [5, 5.41) is 0.643. The molecule has 0 saturated carbocycles. The number of morpholine rings is 1. The minimum absolute atomic E-state index is 0. The molecule has 0 unspecified atom stereocenters. The molecule has 1 fully saturated rings. The second-order valence-electron chi connectivity index (χ2n) is 8.12. The Morgan fingerprint density at radius 2 is 1.74 bits per heavy atom. The molecule has 0 N–H and O–H groups in total. The van der Waals surface area contributed by atoms with Gasteiger partial charge in [-0.3, -0.25) is 9.69 Å². The Labute approximate surface area is 210 Å². The molecule has 184 valence electrons. The van der Waals surface area contributed by atoms with Crippen molar-refractivity contribution in [3.05, 3.63) is 54.1 Å². The Kier molecular flexibility index (Phi) is 9.02. The molecular formula is C23H29ClN4O4S2. The number of nitrogens with zero attached hydrogens (tertiary/aromatic N) is 4. The van der Waals surface area contributed by atoms with Crippen LogP contribution in [-0.4, -0.2) is 82.0 Å². The lowest BCUT2D eigenvalue weighted by atomic mass is 10.2. The van der Waals surface area contributed by atoms with Gasteiger partial charge in [-0.2, -0.15) is 4.31 Å². The van der Waals surface area contributed by atoms with Gasteiger partial charge in [0, 0.05) is 25.2 Å². The summed E-state index contributed by atoms with van der Waals surface area (Å²) >= 11 is 1.48. The van der Waals surface area contributed by atoms with E-state index in [9.17, 15) is 13.2 Å². The molecule has 0 atom stereocenters. The van der Waals surface area contributed by atoms with Gasteiger partial charge in [-0.05, 0) is 63.5 Å². The van der Waals surface area contributed by atoms with E-state index in [1.807, 2.05) is 38.4 Å². The molecule has 2 aromatic carbocycles. The van der Waals surface area contributed by atoms with E-state index in [1.165, 1.54) is 27.8 Å². The number of aromatic nitrogens is 1. The lowest BCUT2D eigenvalue weighted by Crippen LogP contribution is -2.40. The van der Waals surface area contributed by atoms with Crippen LogP contribution in [0.25, 0.3) is 10.2 Å². The number of hydrogen-bond acceptors (Lipinski definition) is 7. The highest BCUT2D eigenvalue weighted by atomic mass is 35.5. The summed E-state index contributed by atoms with van der Waals surface area (Å²) in [4.78, 5) is 22.1. The fourth-order valence-electron chi connectivity index (χ4n) is 3.67. The standard InChI is InChI=1S/C23H28N4O4S2.ClH/c1-25(2)12-5-13-27(23-24-20-6-3-4-7-21(20)32-23)22(28)18-8-10-19(11-9-18)33(29,30)26-14-16-31-17-15-26;/h3-4,6-11H,5,12-17H2,1-2H3;1H. The topological polar surface area (TPSA) is 83.1 Å². The number of halogens is 1. The molecule has 1 aromatic heterocycles. The molecule has 0 aliphatic carbocycles. The predicted octanol–water partition coefficient (Wildman–Crippen LogP) is 3.34. The molecule has 4 rings (SSSR count). The Morgan fingerprint density at radius 3 is 2.38 bits per heavy atom. The molecule has 1 aliphatic heterocycles. The quantitative estimate of drug-likeness (QED) is 0.449. The smallest absolute Gasteiger partial charge is 0.260 e. The van der Waals surface area contributed by atoms with Crippen LogP contribution < -0.4 is 4.90 Å². The number of amides is 1. The third-order valence-electron chi connectivity index (χ3n) is 5.45. The van der Waals surface area contributed by atoms with Crippen LogP contribution in [0.4, 0.5) is 5.13 Å². The molecule has 1 aliphatic rings. The number of sulfonamides is 1. The number of fused-ring (bicyclic) bond motifs is 1. The molecule has 0 spiro atoms. The van der Waals surface area contributed by atoms with Crippen molar-refractivity contribution in [1.29, 1.82) is 0 Å². The number of carbonyl (C=O) groups is 1. The van der Waals surface area contributed by atoms with E-state index < -0.39 is 10.0 Å². The van der Waals surface area contributed by atoms with Gasteiger partial charge in [0.15, 0.2) is 5.13 Å². The van der Waals surface area contributed by atoms with Crippen molar-refractivity contribution in [1.82, 2.24) is 14.2 Å². The molecule has 3 aromatic rings. The molecule has 34 heavy (non-hydrogen) atoms. The maximum absolute atomic E-state index is 13.5. The maximum Gasteiger partial charge on any atom is 0.260 e. The number of ether oxygens (including phenoxy) is 1. The lowest BCUT2D eigenvalue weighted by Gasteiger charge is -2.26. The lowest BCUT2D eigenvalue weighted by molar-refractivity contribution is 0.0730. The molecule has 0 radical (unpaired) electrons. The summed E-state index contributed by atoms with van der Waals surface area (Å²) in [6.07, 6.45) is 0.790. The van der Waals surface area contributed by atoms with Gasteiger partial charge < -0.3 is 9.64 Å². The van der Waals surface area contributed by atoms with E-state index in [1.54, 1.807) is 17.0 Å². The highest BCUT2D eigenvalue weighted by Crippen LogP contribution is 2.30. The Morgan fingerprint density at radius 1 is 1.06 bits per heavy atom. The first kappa shape index (κ1) is 26.5. The van der Waals surface area contributed by atoms with E-state index in [4.69, 9.17) is 4.74 Å². The summed E-state index contributed by atoms with van der Waals surface area (Å²) < 4.78 is 33.5. The molecule has 1 saturated heterocycles. The zero-order valence-corrected chi connectivity index (χ0v) is 21.7. The first-order valence-corrected chi connectivity index (χ1v) is 13.1. The zero-order chi connectivity index (χ0) is 23.4. The first-order valence-electron chi connectivity index (χ1n) is 10.9. The van der Waals surface area contributed by atoms with Crippen molar-refractivity contribution in [2.75, 3.05) is 58.4 Å². The van der Waals surface area contributed by atoms with Crippen LogP contribution in [-0.2, 0) is 14.8 Å². The third kappa shape index (κ3) is 5.94. The van der Waals surface area contributed by atoms with E-state index in [0.29, 0.717) is 43.5 Å². The minimum atomic E-state index is -3.61. The van der Waals surface area contributed by atoms with E-state index >= 15 is 0 Å². The maximum atomic E-state index is 13.5. The van der Waals surface area contributed by atoms with Crippen LogP contribution in [0, 0.1) is 0 Å². The van der Waals surface area contributed by atoms with Crippen molar-refractivity contribution in [3.8, 4) is 0 Å². The van der Waals surface area contributed by atoms with Gasteiger partial charge in [-0.15, -0.1) is 12.4 Å². The number of thiazole rings is 1. The number of para-hydroxylation sites is 1. The van der Waals surface area contributed by atoms with Gasteiger partial charge in [0.2, 0.25) is 10.0 Å². The summed E-state index contributed by atoms with van der Waals surface area (Å²) in [6.45, 7) is 2.80. The van der Waals surface area contributed by atoms with Crippen molar-refractivity contribution in [2.24, 2.45) is 0 Å². The summed E-state index contributed by atoms with van der Waals surface area (Å²) in [5.41, 5.74) is 1.29. The highest BCUT2D eigenvalue weighted by molar-refractivity contribution is 7.89. The van der Waals surface area contributed by atoms with Gasteiger partial charge in [0.05, 0.1) is 28.3 Å². The Bertz CT molecular complexity index is 1180. The summed E-state index contributed by atoms with van der Waals surface area (Å²) in [5.74, 6) is -0.192. The average Bonchev–Trinajstić information content (AvgIpc) is 3.26. The van der Waals surface area contributed by atoms with Crippen LogP contribution in [0.2, 0.25) is 0 Å². The van der Waals surface area contributed by atoms with Crippen LogP contribution >= 0.6 is 23.7 Å². The minimum Gasteiger partial charge on any atom is -0.379 e. The zero-order valence-electron chi connectivity index (χ0n) is 19.2. The summed E-state index contributed by atoms with van der Waals surface area (Å²) in [6, 6.07) is 14.0. The molecular weight excluding hydrogens is 496 g/mol. The van der Waals surface area contributed by atoms with Crippen LogP contribution in [0.5, 0.6) is 0 Å². The number of carbonyl (C=O) groups excluding carboxylic acids is 1. The second-order valence-corrected chi connectivity index (χ2v) is 11.1. The van der Waals surface area contributed by atoms with E-state index in [2.05, 4.69) is 9.88 Å². The molecule has 1 amide bonds. The Balaban J connectivity index is 0.00000324. The van der Waals surface area contributed by atoms with Crippen LogP contribution in [0.3, 0.4) is 0 Å². The highest BCUT2D eigenvalue weighted by Gasteiger charge is 2.27. The fourth-order valence-corrected chi connectivity index (χ4v) is 6.06. The van der Waals surface area contributed by atoms with Crippen molar-refractivity contribution in [2.45, 2.75) is 11.3 Å². The summed E-state index contributed by atoms with van der Waals surface area (Å²) in [7, 11) is 0.390. The molecule has 11 heteroatoms. The second kappa shape index (κ2) is 11.6. The van der Waals surface area contributed by atoms with Gasteiger partial charge >= 0.3 is 0 Å². The monoisotopic (exact) mass is 524 g/mol. The predicted molar refractivity (Wildman–Crippen MR) is 138 cm³/mol. The van der Waals surface area contributed by atoms with Gasteiger partial charge in [0.1, 0.15) is 0 Å². The first-order chi connectivity index (χ1) is 15.9. The van der Waals surface area contributed by atoms with Gasteiger partial charge in [-0.25, -0.2) is 13.4 Å². The van der Waals surface area contributed by atoms with Crippen LogP contribution in [0.15, 0.2) is 53.4 Å². The average molecular weight is 525 g/mol. The fraction of sp³-hybridized carbons (Fsp3) is 0.391. The van der Waals surface area contributed by atoms with Crippen molar-refractivity contribution < 1.29 is 17.9 Å². The van der Waals surface area contributed by atoms with Crippen molar-refractivity contribution >= 4 is 55.0 Å². The molecule has 8 nitrogen and oxygen atoms in total. The van der Waals surface area contributed by atoms with E-state index in [0.717, 1.165) is 23.2 Å². The number of rotatable bonds is 8. The Hall–Kier alpha value is -2.08. The number of hydrogen-bond donors (Lipinski definition) is 0. The molecule has 2 heterocycles.